The summed E-state index contributed by atoms with van der Waals surface area (Å²) in [5.41, 5.74) is 0. The SMILES string of the molecule is N#C[Se]P(CCC[Se][Se]CCCP([Se]C#N)(c1ccccc1)(c1ccccc1)c1ccccc1)(c1ccccc1)(c1ccccc1)c1ccccc1. The van der Waals surface area contributed by atoms with Gasteiger partial charge in [-0.1, -0.05) is 0 Å². The van der Waals surface area contributed by atoms with E-state index in [1.54, 1.807) is 0 Å². The third-order valence-corrected chi connectivity index (χ3v) is 45.7. The number of nitriles is 2. The molecule has 0 bridgehead atoms. The molecule has 8 heteroatoms. The molecule has 0 saturated carbocycles. The minimum absolute atomic E-state index is 0.259. The fourth-order valence-corrected chi connectivity index (χ4v) is 39.9. The monoisotopic (exact) mass is 980 g/mol. The molecular weight excluding hydrogens is 934 g/mol. The first kappa shape index (κ1) is 38.9. The van der Waals surface area contributed by atoms with Crippen LogP contribution in [0.1, 0.15) is 12.8 Å². The standard InChI is InChI=1S/C44H42N2P2Se4/c45-37-49-47(39-21-7-1-8-22-39,40-23-9-2-10-24-40,41-25-11-3-12-26-41)33-19-35-51-52-36-20-34-48(50-38-46,42-27-13-4-14-28-42,43-29-15-5-16-30-43)44-31-17-6-18-32-44/h1-18,21-32H,19-20,33-36H2. The Kier molecular flexibility index (Phi) is 13.5. The molecule has 0 aromatic heterocycles. The number of benzene rings is 6. The molecule has 52 heavy (non-hydrogen) atoms. The average molecular weight is 977 g/mol. The van der Waals surface area contributed by atoms with Crippen molar-refractivity contribution >= 4 is 97.7 Å². The van der Waals surface area contributed by atoms with Gasteiger partial charge in [0, 0.05) is 0 Å². The fraction of sp³-hybridized carbons (Fsp3) is 0.136. The predicted octanol–water partition coefficient (Wildman–Crippen LogP) is 7.19. The minimum atomic E-state index is -3.03. The molecule has 0 amide bonds. The molecule has 0 aliphatic heterocycles. The van der Waals surface area contributed by atoms with Crippen molar-refractivity contribution < 1.29 is 0 Å². The van der Waals surface area contributed by atoms with E-state index in [1.807, 2.05) is 0 Å². The van der Waals surface area contributed by atoms with Crippen LogP contribution in [0.15, 0.2) is 182 Å². The van der Waals surface area contributed by atoms with Gasteiger partial charge in [-0.2, -0.15) is 0 Å². The van der Waals surface area contributed by atoms with Crippen LogP contribution in [0, 0.1) is 20.5 Å². The average Bonchev–Trinajstić information content (AvgIpc) is 3.23. The zero-order chi connectivity index (χ0) is 36.1. The van der Waals surface area contributed by atoms with Crippen LogP contribution in [-0.2, 0) is 0 Å². The number of nitrogens with zero attached hydrogens (tertiary/aromatic N) is 2. The van der Waals surface area contributed by atoms with Crippen molar-refractivity contribution in [3.8, 4) is 9.94 Å². The van der Waals surface area contributed by atoms with Crippen LogP contribution in [0.3, 0.4) is 0 Å². The van der Waals surface area contributed by atoms with E-state index in [-0.39, 0.29) is 29.0 Å². The number of hydrogen-bond donors (Lipinski definition) is 0. The topological polar surface area (TPSA) is 47.6 Å². The quantitative estimate of drug-likeness (QED) is 0.0553. The second-order valence-corrected chi connectivity index (χ2v) is 42.9. The Balaban J connectivity index is 1.25. The molecule has 6 rings (SSSR count). The summed E-state index contributed by atoms with van der Waals surface area (Å²) >= 11 is 0.592. The summed E-state index contributed by atoms with van der Waals surface area (Å²) in [4.78, 5) is 5.59. The molecule has 6 aromatic rings. The van der Waals surface area contributed by atoms with Gasteiger partial charge in [0.2, 0.25) is 0 Å². The Morgan fingerprint density at radius 3 is 0.750 bits per heavy atom. The summed E-state index contributed by atoms with van der Waals surface area (Å²) in [6.45, 7) is 0. The molecule has 0 radical (unpaired) electrons. The Morgan fingerprint density at radius 1 is 0.346 bits per heavy atom. The molecule has 2 nitrogen and oxygen atoms in total. The Morgan fingerprint density at radius 2 is 0.558 bits per heavy atom. The molecule has 0 unspecified atom stereocenters. The molecule has 0 spiro atoms. The van der Waals surface area contributed by atoms with Crippen LogP contribution in [0.25, 0.3) is 0 Å². The van der Waals surface area contributed by atoms with Gasteiger partial charge in [0.05, 0.1) is 0 Å². The van der Waals surface area contributed by atoms with E-state index in [0.717, 1.165) is 25.2 Å². The van der Waals surface area contributed by atoms with Gasteiger partial charge >= 0.3 is 336 Å². The normalized spacial score (nSPS) is 13.0. The molecule has 0 N–H and O–H groups in total. The Bertz CT molecular complexity index is 1740. The first-order chi connectivity index (χ1) is 25.6. The van der Waals surface area contributed by atoms with Crippen LogP contribution in [-0.4, -0.2) is 67.6 Å². The zero-order valence-corrected chi connectivity index (χ0v) is 37.6. The summed E-state index contributed by atoms with van der Waals surface area (Å²) in [5.74, 6) is 0. The van der Waals surface area contributed by atoms with Gasteiger partial charge in [-0.05, 0) is 0 Å². The maximum atomic E-state index is 10.6. The van der Waals surface area contributed by atoms with Crippen molar-refractivity contribution in [2.75, 3.05) is 12.3 Å². The molecular formula is C44H42N2P2Se4. The van der Waals surface area contributed by atoms with Crippen LogP contribution in [0.2, 0.25) is 10.6 Å². The predicted molar refractivity (Wildman–Crippen MR) is 233 cm³/mol. The summed E-state index contributed by atoms with van der Waals surface area (Å²) in [5, 5.41) is 25.7. The summed E-state index contributed by atoms with van der Waals surface area (Å²) in [7, 11) is 0. The molecule has 0 saturated heterocycles. The Hall–Kier alpha value is -2.76. The number of hydrogen-bond acceptors (Lipinski definition) is 2. The molecule has 0 aliphatic rings. The molecule has 0 heterocycles. The maximum absolute atomic E-state index is 10.6. The second kappa shape index (κ2) is 18.0. The van der Waals surface area contributed by atoms with E-state index in [2.05, 4.69) is 192 Å². The summed E-state index contributed by atoms with van der Waals surface area (Å²) in [6.07, 6.45) is 4.31. The molecule has 0 fully saturated rings. The fourth-order valence-electron chi connectivity index (χ4n) is 7.68. The number of rotatable bonds is 17. The van der Waals surface area contributed by atoms with Crippen molar-refractivity contribution in [3.05, 3.63) is 182 Å². The first-order valence-electron chi connectivity index (χ1n) is 17.4. The van der Waals surface area contributed by atoms with E-state index in [0.29, 0.717) is 26.3 Å². The van der Waals surface area contributed by atoms with Crippen molar-refractivity contribution in [1.82, 2.24) is 0 Å². The van der Waals surface area contributed by atoms with E-state index < -0.39 is 10.6 Å². The van der Waals surface area contributed by atoms with E-state index in [4.69, 9.17) is 0 Å². The second-order valence-electron chi connectivity index (χ2n) is 12.6. The Labute approximate surface area is 333 Å². The van der Waals surface area contributed by atoms with Crippen LogP contribution in [0.5, 0.6) is 0 Å². The van der Waals surface area contributed by atoms with Gasteiger partial charge in [-0.3, -0.25) is 0 Å². The van der Waals surface area contributed by atoms with Gasteiger partial charge in [-0.15, -0.1) is 0 Å². The van der Waals surface area contributed by atoms with Gasteiger partial charge in [0.1, 0.15) is 0 Å². The van der Waals surface area contributed by atoms with E-state index in [9.17, 15) is 10.5 Å². The van der Waals surface area contributed by atoms with Crippen LogP contribution >= 0.6 is 10.6 Å². The first-order valence-corrected chi connectivity index (χ1v) is 35.1. The van der Waals surface area contributed by atoms with Crippen molar-refractivity contribution in [2.45, 2.75) is 23.5 Å². The van der Waals surface area contributed by atoms with Crippen LogP contribution in [0.4, 0.5) is 0 Å². The van der Waals surface area contributed by atoms with Gasteiger partial charge in [-0.25, -0.2) is 0 Å². The van der Waals surface area contributed by atoms with E-state index >= 15 is 0 Å². The molecule has 6 aromatic carbocycles. The third kappa shape index (κ3) is 7.22. The summed E-state index contributed by atoms with van der Waals surface area (Å²) in [6, 6.07) is 66.1. The van der Waals surface area contributed by atoms with Gasteiger partial charge in [0.15, 0.2) is 0 Å². The van der Waals surface area contributed by atoms with Gasteiger partial charge < -0.3 is 0 Å². The van der Waals surface area contributed by atoms with E-state index in [1.165, 1.54) is 42.5 Å². The molecule has 0 atom stereocenters. The third-order valence-electron chi connectivity index (χ3n) is 10.0. The molecule has 0 aliphatic carbocycles. The molecule has 262 valence electrons. The van der Waals surface area contributed by atoms with Crippen molar-refractivity contribution in [3.63, 3.8) is 0 Å². The van der Waals surface area contributed by atoms with Crippen molar-refractivity contribution in [1.29, 1.82) is 10.5 Å². The van der Waals surface area contributed by atoms with Crippen molar-refractivity contribution in [2.24, 2.45) is 0 Å². The zero-order valence-electron chi connectivity index (χ0n) is 29.0. The summed E-state index contributed by atoms with van der Waals surface area (Å²) < 4.78 is 0. The van der Waals surface area contributed by atoms with Gasteiger partial charge in [0.25, 0.3) is 0 Å². The van der Waals surface area contributed by atoms with Crippen LogP contribution < -0.4 is 31.8 Å².